The van der Waals surface area contributed by atoms with Gasteiger partial charge in [-0.05, 0) is 82.4 Å². The molecule has 2 aromatic heterocycles. The highest BCUT2D eigenvalue weighted by Crippen LogP contribution is 2.34. The second-order valence-electron chi connectivity index (χ2n) is 8.35. The van der Waals surface area contributed by atoms with Crippen molar-refractivity contribution in [2.45, 2.75) is 45.7 Å². The smallest absolute Gasteiger partial charge is 0.0703 e. The average Bonchev–Trinajstić information content (AvgIpc) is 2.99. The molecular formula is C23H28N4. The molecule has 3 saturated heterocycles. The minimum Gasteiger partial charge on any atom is -0.379 e. The number of aryl methyl sites for hydroxylation is 2. The summed E-state index contributed by atoms with van der Waals surface area (Å²) in [6.07, 6.45) is 4.64. The van der Waals surface area contributed by atoms with Gasteiger partial charge in [-0.3, -0.25) is 9.88 Å². The van der Waals surface area contributed by atoms with E-state index in [1.165, 1.54) is 53.7 Å². The zero-order valence-corrected chi connectivity index (χ0v) is 16.4. The molecule has 2 N–H and O–H groups in total. The summed E-state index contributed by atoms with van der Waals surface area (Å²) in [5, 5.41) is 5.06. The Balaban J connectivity index is 1.38. The van der Waals surface area contributed by atoms with Crippen LogP contribution in [0.5, 0.6) is 0 Å². The molecule has 27 heavy (non-hydrogen) atoms. The van der Waals surface area contributed by atoms with E-state index < -0.39 is 0 Å². The van der Waals surface area contributed by atoms with E-state index in [-0.39, 0.29) is 0 Å². The molecule has 0 amide bonds. The maximum atomic E-state index is 4.76. The van der Waals surface area contributed by atoms with E-state index in [0.717, 1.165) is 17.3 Å². The van der Waals surface area contributed by atoms with Gasteiger partial charge in [-0.15, -0.1) is 0 Å². The average molecular weight is 361 g/mol. The lowest BCUT2D eigenvalue weighted by Crippen LogP contribution is -2.59. The lowest BCUT2D eigenvalue weighted by atomic mass is 9.79. The summed E-state index contributed by atoms with van der Waals surface area (Å²) >= 11 is 0. The fourth-order valence-corrected chi connectivity index (χ4v) is 5.01. The lowest BCUT2D eigenvalue weighted by molar-refractivity contribution is 0.0458. The molecule has 3 aliphatic rings. The molecule has 4 nitrogen and oxygen atoms in total. The van der Waals surface area contributed by atoms with E-state index in [0.29, 0.717) is 12.1 Å². The van der Waals surface area contributed by atoms with Crippen LogP contribution in [-0.4, -0.2) is 40.0 Å². The Morgan fingerprint density at radius 1 is 1.11 bits per heavy atom. The number of piperidine rings is 3. The largest absolute Gasteiger partial charge is 0.379 e. The van der Waals surface area contributed by atoms with Crippen molar-refractivity contribution < 1.29 is 0 Å². The molecule has 0 spiro atoms. The molecule has 140 valence electrons. The third kappa shape index (κ3) is 2.83. The molecule has 4 heteroatoms. The number of benzene rings is 1. The minimum absolute atomic E-state index is 0.544. The zero-order valence-electron chi connectivity index (χ0n) is 16.4. The maximum absolute atomic E-state index is 4.76. The van der Waals surface area contributed by atoms with Gasteiger partial charge < -0.3 is 10.3 Å². The molecule has 2 bridgehead atoms. The maximum Gasteiger partial charge on any atom is 0.0703 e. The fraction of sp³-hybridized carbons (Fsp3) is 0.435. The summed E-state index contributed by atoms with van der Waals surface area (Å²) in [6.45, 7) is 9.20. The number of pyridine rings is 1. The predicted octanol–water partition coefficient (Wildman–Crippen LogP) is 4.74. The SMILES string of the molecule is Cc1[nH]c2ccc(-c3ccc(N[C@@H]4C5CCN(CC5)[C@@H]4C)cn3)cc2c1C. The molecule has 3 aliphatic heterocycles. The van der Waals surface area contributed by atoms with Crippen molar-refractivity contribution in [3.05, 3.63) is 47.8 Å². The van der Waals surface area contributed by atoms with Crippen molar-refractivity contribution in [3.8, 4) is 11.3 Å². The van der Waals surface area contributed by atoms with E-state index in [1.807, 2.05) is 6.20 Å². The molecule has 3 aromatic rings. The molecule has 1 aromatic carbocycles. The first kappa shape index (κ1) is 16.8. The number of anilines is 1. The van der Waals surface area contributed by atoms with Crippen molar-refractivity contribution >= 4 is 16.6 Å². The number of hydrogen-bond donors (Lipinski definition) is 2. The second-order valence-corrected chi connectivity index (χ2v) is 8.35. The highest BCUT2D eigenvalue weighted by atomic mass is 15.2. The fourth-order valence-electron chi connectivity index (χ4n) is 5.01. The molecule has 0 radical (unpaired) electrons. The van der Waals surface area contributed by atoms with Crippen molar-refractivity contribution in [1.82, 2.24) is 14.9 Å². The van der Waals surface area contributed by atoms with E-state index >= 15 is 0 Å². The lowest BCUT2D eigenvalue weighted by Gasteiger charge is -2.50. The van der Waals surface area contributed by atoms with Crippen LogP contribution in [0.25, 0.3) is 22.2 Å². The molecule has 6 rings (SSSR count). The zero-order chi connectivity index (χ0) is 18.5. The van der Waals surface area contributed by atoms with Gasteiger partial charge in [0, 0.05) is 34.2 Å². The van der Waals surface area contributed by atoms with Gasteiger partial charge in [0.1, 0.15) is 0 Å². The van der Waals surface area contributed by atoms with Gasteiger partial charge in [0.2, 0.25) is 0 Å². The molecule has 0 saturated carbocycles. The Morgan fingerprint density at radius 3 is 2.63 bits per heavy atom. The Hall–Kier alpha value is -2.33. The van der Waals surface area contributed by atoms with Gasteiger partial charge in [0.15, 0.2) is 0 Å². The normalized spacial score (nSPS) is 27.2. The number of aromatic nitrogens is 2. The van der Waals surface area contributed by atoms with Crippen LogP contribution in [-0.2, 0) is 0 Å². The second kappa shape index (κ2) is 6.38. The summed E-state index contributed by atoms with van der Waals surface area (Å²) in [5.74, 6) is 0.798. The Kier molecular flexibility index (Phi) is 3.97. The molecular weight excluding hydrogens is 332 g/mol. The number of nitrogens with one attached hydrogen (secondary N) is 2. The van der Waals surface area contributed by atoms with Crippen molar-refractivity contribution in [2.24, 2.45) is 5.92 Å². The number of rotatable bonds is 3. The van der Waals surface area contributed by atoms with E-state index in [2.05, 4.69) is 66.3 Å². The van der Waals surface area contributed by atoms with Crippen molar-refractivity contribution in [1.29, 1.82) is 0 Å². The van der Waals surface area contributed by atoms with Gasteiger partial charge in [0.05, 0.1) is 17.6 Å². The monoisotopic (exact) mass is 360 g/mol. The number of aromatic amines is 1. The van der Waals surface area contributed by atoms with Gasteiger partial charge in [-0.1, -0.05) is 6.07 Å². The van der Waals surface area contributed by atoms with Crippen LogP contribution >= 0.6 is 0 Å². The summed E-state index contributed by atoms with van der Waals surface area (Å²) in [4.78, 5) is 10.8. The summed E-state index contributed by atoms with van der Waals surface area (Å²) in [6, 6.07) is 12.0. The van der Waals surface area contributed by atoms with Crippen LogP contribution in [0.3, 0.4) is 0 Å². The van der Waals surface area contributed by atoms with Crippen LogP contribution in [0, 0.1) is 19.8 Å². The number of fused-ring (bicyclic) bond motifs is 4. The molecule has 5 heterocycles. The highest BCUT2D eigenvalue weighted by Gasteiger charge is 2.39. The standard InChI is InChI=1S/C23H28N4/c1-14-15(2)25-22-6-4-18(12-20(14)22)21-7-5-19(13-24-21)26-23-16(3)27-10-8-17(23)9-11-27/h4-7,12-13,16-17,23,25-26H,8-11H2,1-3H3/t16-,23+/m1/s1. The third-order valence-corrected chi connectivity index (χ3v) is 6.88. The quantitative estimate of drug-likeness (QED) is 0.709. The van der Waals surface area contributed by atoms with E-state index in [9.17, 15) is 0 Å². The summed E-state index contributed by atoms with van der Waals surface area (Å²) in [5.41, 5.74) is 7.10. The molecule has 3 fully saturated rings. The Labute approximate surface area is 161 Å². The topological polar surface area (TPSA) is 44.0 Å². The first-order valence-electron chi connectivity index (χ1n) is 10.2. The van der Waals surface area contributed by atoms with E-state index in [4.69, 9.17) is 4.98 Å². The van der Waals surface area contributed by atoms with Crippen LogP contribution in [0.2, 0.25) is 0 Å². The van der Waals surface area contributed by atoms with Crippen molar-refractivity contribution in [3.63, 3.8) is 0 Å². The summed E-state index contributed by atoms with van der Waals surface area (Å²) < 4.78 is 0. The molecule has 2 atom stereocenters. The first-order chi connectivity index (χ1) is 13.1. The van der Waals surface area contributed by atoms with Gasteiger partial charge in [-0.25, -0.2) is 0 Å². The van der Waals surface area contributed by atoms with Crippen LogP contribution in [0.15, 0.2) is 36.5 Å². The first-order valence-corrected chi connectivity index (χ1v) is 10.2. The Bertz CT molecular complexity index is 962. The minimum atomic E-state index is 0.544. The molecule has 0 unspecified atom stereocenters. The highest BCUT2D eigenvalue weighted by molar-refractivity contribution is 5.88. The van der Waals surface area contributed by atoms with Gasteiger partial charge >= 0.3 is 0 Å². The number of nitrogens with zero attached hydrogens (tertiary/aromatic N) is 2. The van der Waals surface area contributed by atoms with Crippen molar-refractivity contribution in [2.75, 3.05) is 18.4 Å². The predicted molar refractivity (Wildman–Crippen MR) is 112 cm³/mol. The van der Waals surface area contributed by atoms with Crippen LogP contribution in [0.1, 0.15) is 31.0 Å². The summed E-state index contributed by atoms with van der Waals surface area (Å²) in [7, 11) is 0. The van der Waals surface area contributed by atoms with Crippen LogP contribution in [0.4, 0.5) is 5.69 Å². The number of H-pyrrole nitrogens is 1. The Morgan fingerprint density at radius 2 is 1.93 bits per heavy atom. The van der Waals surface area contributed by atoms with E-state index in [1.54, 1.807) is 0 Å². The van der Waals surface area contributed by atoms with Gasteiger partial charge in [0.25, 0.3) is 0 Å². The third-order valence-electron chi connectivity index (χ3n) is 6.88. The number of hydrogen-bond acceptors (Lipinski definition) is 3. The van der Waals surface area contributed by atoms with Gasteiger partial charge in [-0.2, -0.15) is 0 Å². The molecule has 0 aliphatic carbocycles. The van der Waals surface area contributed by atoms with Crippen LogP contribution < -0.4 is 5.32 Å².